The van der Waals surface area contributed by atoms with Crippen LogP contribution in [0.2, 0.25) is 0 Å². The van der Waals surface area contributed by atoms with Crippen LogP contribution in [-0.2, 0) is 21.7 Å². The van der Waals surface area contributed by atoms with Crippen LogP contribution in [0.5, 0.6) is 11.5 Å². The zero-order chi connectivity index (χ0) is 34.2. The summed E-state index contributed by atoms with van der Waals surface area (Å²) in [5.41, 5.74) is 6.03. The number of para-hydroxylation sites is 2. The second-order valence-electron chi connectivity index (χ2n) is 16.4. The first-order valence-electron chi connectivity index (χ1n) is 16.1. The summed E-state index contributed by atoms with van der Waals surface area (Å²) in [7, 11) is 0. The van der Waals surface area contributed by atoms with Gasteiger partial charge in [0.05, 0.1) is 11.1 Å². The van der Waals surface area contributed by atoms with Gasteiger partial charge in [-0.15, -0.1) is 0 Å². The lowest BCUT2D eigenvalue weighted by Crippen LogP contribution is -2.19. The molecule has 0 saturated heterocycles. The number of hydrogen-bond donors (Lipinski definition) is 0. The Kier molecular flexibility index (Phi) is 9.46. The molecule has 0 bridgehead atoms. The summed E-state index contributed by atoms with van der Waals surface area (Å²) in [5, 5.41) is 0. The molecule has 0 aromatic heterocycles. The van der Waals surface area contributed by atoms with Gasteiger partial charge in [-0.2, -0.15) is 0 Å². The zero-order valence-corrected chi connectivity index (χ0v) is 29.7. The van der Waals surface area contributed by atoms with E-state index >= 15 is 0 Å². The topological polar surface area (TPSA) is 52.6 Å². The molecule has 0 radical (unpaired) electrons. The Labute approximate surface area is 276 Å². The lowest BCUT2D eigenvalue weighted by Gasteiger charge is -2.26. The van der Waals surface area contributed by atoms with Crippen LogP contribution in [0.25, 0.3) is 11.1 Å². The Bertz CT molecular complexity index is 1550. The Morgan fingerprint density at radius 2 is 0.674 bits per heavy atom. The summed E-state index contributed by atoms with van der Waals surface area (Å²) in [6, 6.07) is 26.8. The second-order valence-corrected chi connectivity index (χ2v) is 16.4. The molecule has 4 nitrogen and oxygen atoms in total. The van der Waals surface area contributed by atoms with Crippen LogP contribution in [0.3, 0.4) is 0 Å². The van der Waals surface area contributed by atoms with E-state index in [9.17, 15) is 9.59 Å². The highest BCUT2D eigenvalue weighted by Crippen LogP contribution is 2.38. The van der Waals surface area contributed by atoms with E-state index in [1.807, 2.05) is 60.7 Å². The van der Waals surface area contributed by atoms with Gasteiger partial charge in [0.2, 0.25) is 0 Å². The molecule has 0 aliphatic rings. The summed E-state index contributed by atoms with van der Waals surface area (Å²) < 4.78 is 12.2. The summed E-state index contributed by atoms with van der Waals surface area (Å²) in [6.45, 7) is 25.7. The third-order valence-electron chi connectivity index (χ3n) is 8.27. The van der Waals surface area contributed by atoms with Gasteiger partial charge in [-0.05, 0) is 80.3 Å². The predicted molar refractivity (Wildman–Crippen MR) is 189 cm³/mol. The fraction of sp³-hybridized carbons (Fsp3) is 0.381. The molecule has 46 heavy (non-hydrogen) atoms. The van der Waals surface area contributed by atoms with Gasteiger partial charge in [0.15, 0.2) is 0 Å². The number of hydrogen-bond acceptors (Lipinski definition) is 4. The Balaban J connectivity index is 1.71. The maximum Gasteiger partial charge on any atom is 0.343 e. The van der Waals surface area contributed by atoms with Gasteiger partial charge >= 0.3 is 11.9 Å². The van der Waals surface area contributed by atoms with Gasteiger partial charge in [-0.1, -0.05) is 132 Å². The molecule has 0 N–H and O–H groups in total. The molecule has 0 unspecified atom stereocenters. The van der Waals surface area contributed by atoms with Crippen molar-refractivity contribution in [1.82, 2.24) is 0 Å². The molecule has 0 aliphatic heterocycles. The number of carbonyl (C=O) groups is 2. The second kappa shape index (κ2) is 12.5. The molecule has 4 aromatic carbocycles. The van der Waals surface area contributed by atoms with E-state index in [-0.39, 0.29) is 21.7 Å². The van der Waals surface area contributed by atoms with Crippen molar-refractivity contribution in [2.75, 3.05) is 0 Å². The highest BCUT2D eigenvalue weighted by Gasteiger charge is 2.26. The van der Waals surface area contributed by atoms with Crippen molar-refractivity contribution >= 4 is 11.9 Å². The van der Waals surface area contributed by atoms with E-state index in [4.69, 9.17) is 9.47 Å². The van der Waals surface area contributed by atoms with Crippen molar-refractivity contribution in [3.63, 3.8) is 0 Å². The molecule has 0 heterocycles. The summed E-state index contributed by atoms with van der Waals surface area (Å²) >= 11 is 0. The van der Waals surface area contributed by atoms with Crippen molar-refractivity contribution in [2.24, 2.45) is 0 Å². The highest BCUT2D eigenvalue weighted by atomic mass is 16.5. The highest BCUT2D eigenvalue weighted by molar-refractivity contribution is 5.95. The van der Waals surface area contributed by atoms with Crippen molar-refractivity contribution in [2.45, 2.75) is 105 Å². The van der Waals surface area contributed by atoms with Gasteiger partial charge in [-0.25, -0.2) is 9.59 Å². The van der Waals surface area contributed by atoms with Crippen LogP contribution in [0.4, 0.5) is 0 Å². The Morgan fingerprint density at radius 3 is 0.935 bits per heavy atom. The quantitative estimate of drug-likeness (QED) is 0.165. The SMILES string of the molecule is CC(C)(C)c1cc(C(=O)Oc2ccccc2-c2ccccc2OC(=O)c2cc(C(C)(C)C)cc(C(C)(C)C)c2)cc(C(C)(C)C)c1. The molecule has 0 atom stereocenters. The van der Waals surface area contributed by atoms with Crippen LogP contribution < -0.4 is 9.47 Å². The van der Waals surface area contributed by atoms with E-state index in [1.165, 1.54) is 0 Å². The van der Waals surface area contributed by atoms with Crippen LogP contribution in [0.15, 0.2) is 84.9 Å². The van der Waals surface area contributed by atoms with Crippen LogP contribution in [0, 0.1) is 0 Å². The van der Waals surface area contributed by atoms with Gasteiger partial charge in [0.25, 0.3) is 0 Å². The average molecular weight is 619 g/mol. The summed E-state index contributed by atoms with van der Waals surface area (Å²) in [6.07, 6.45) is 0. The van der Waals surface area contributed by atoms with Gasteiger partial charge in [-0.3, -0.25) is 0 Å². The lowest BCUT2D eigenvalue weighted by molar-refractivity contribution is 0.0722. The van der Waals surface area contributed by atoms with Gasteiger partial charge in [0.1, 0.15) is 11.5 Å². The van der Waals surface area contributed by atoms with Crippen molar-refractivity contribution < 1.29 is 19.1 Å². The zero-order valence-electron chi connectivity index (χ0n) is 29.7. The van der Waals surface area contributed by atoms with E-state index in [0.29, 0.717) is 33.8 Å². The Morgan fingerprint density at radius 1 is 0.413 bits per heavy atom. The molecule has 0 amide bonds. The third-order valence-corrected chi connectivity index (χ3v) is 8.27. The number of carbonyl (C=O) groups excluding carboxylic acids is 2. The lowest BCUT2D eigenvalue weighted by atomic mass is 9.79. The third kappa shape index (κ3) is 8.15. The van der Waals surface area contributed by atoms with Crippen LogP contribution in [0.1, 0.15) is 126 Å². The van der Waals surface area contributed by atoms with E-state index in [1.54, 1.807) is 12.1 Å². The fourth-order valence-electron chi connectivity index (χ4n) is 5.10. The van der Waals surface area contributed by atoms with Crippen LogP contribution in [-0.4, -0.2) is 11.9 Å². The largest absolute Gasteiger partial charge is 0.422 e. The average Bonchev–Trinajstić information content (AvgIpc) is 2.95. The van der Waals surface area contributed by atoms with Crippen molar-refractivity contribution in [1.29, 1.82) is 0 Å². The van der Waals surface area contributed by atoms with E-state index < -0.39 is 11.9 Å². The molecule has 4 rings (SSSR count). The smallest absolute Gasteiger partial charge is 0.343 e. The normalized spacial score (nSPS) is 12.5. The fourth-order valence-corrected chi connectivity index (χ4v) is 5.10. The molecule has 242 valence electrons. The molecular weight excluding hydrogens is 568 g/mol. The van der Waals surface area contributed by atoms with Crippen molar-refractivity contribution in [3.8, 4) is 22.6 Å². The summed E-state index contributed by atoms with van der Waals surface area (Å²) in [5.74, 6) is -0.0992. The number of esters is 2. The van der Waals surface area contributed by atoms with E-state index in [2.05, 4.69) is 95.2 Å². The minimum Gasteiger partial charge on any atom is -0.422 e. The Hall–Kier alpha value is -4.18. The standard InChI is InChI=1S/C42H50O4/c1-39(2,3)29-21-27(22-30(25-29)40(4,5)6)37(43)45-35-19-15-13-17-33(35)34-18-14-16-20-36(34)46-38(44)28-23-31(41(7,8)9)26-32(24-28)42(10,11)12/h13-26H,1-12H3. The van der Waals surface area contributed by atoms with Gasteiger partial charge in [0, 0.05) is 11.1 Å². The molecule has 0 saturated carbocycles. The van der Waals surface area contributed by atoms with Gasteiger partial charge < -0.3 is 9.47 Å². The number of benzene rings is 4. The van der Waals surface area contributed by atoms with E-state index in [0.717, 1.165) is 22.3 Å². The molecule has 4 heteroatoms. The first kappa shape index (κ1) is 34.7. The molecule has 4 aromatic rings. The first-order chi connectivity index (χ1) is 21.1. The minimum absolute atomic E-state index is 0.142. The summed E-state index contributed by atoms with van der Waals surface area (Å²) in [4.78, 5) is 27.4. The number of ether oxygens (including phenoxy) is 2. The maximum absolute atomic E-state index is 13.7. The monoisotopic (exact) mass is 618 g/mol. The minimum atomic E-state index is -0.438. The molecule has 0 aliphatic carbocycles. The molecule has 0 fully saturated rings. The molecular formula is C42H50O4. The van der Waals surface area contributed by atoms with Crippen molar-refractivity contribution in [3.05, 3.63) is 118 Å². The molecule has 0 spiro atoms. The van der Waals surface area contributed by atoms with Crippen LogP contribution >= 0.6 is 0 Å². The first-order valence-corrected chi connectivity index (χ1v) is 16.1. The number of rotatable bonds is 5. The maximum atomic E-state index is 13.7. The predicted octanol–water partition coefficient (Wildman–Crippen LogP) is 11.0.